The topological polar surface area (TPSA) is 29.4 Å². The van der Waals surface area contributed by atoms with E-state index in [1.165, 1.54) is 0 Å². The molecule has 66 valence electrons. The molecule has 0 radical (unpaired) electrons. The normalized spacial score (nSPS) is 20.9. The number of hydrogen-bond donors (Lipinski definition) is 0. The number of fused-ring (bicyclic) bond motifs is 1. The highest BCUT2D eigenvalue weighted by Gasteiger charge is 2.24. The third-order valence-electron chi connectivity index (χ3n) is 2.49. The fraction of sp³-hybridized carbons (Fsp3) is 0.273. The molecule has 1 unspecified atom stereocenters. The number of para-hydroxylation sites is 1. The first-order chi connectivity index (χ1) is 6.20. The van der Waals surface area contributed by atoms with Crippen LogP contribution in [-0.2, 0) is 0 Å². The zero-order valence-electron chi connectivity index (χ0n) is 7.74. The van der Waals surface area contributed by atoms with Crippen LogP contribution in [0.25, 0.3) is 0 Å². The number of hydrogen-bond acceptors (Lipinski definition) is 2. The molecule has 0 saturated heterocycles. The van der Waals surface area contributed by atoms with Crippen molar-refractivity contribution >= 4 is 17.2 Å². The molecule has 0 fully saturated rings. The average Bonchev–Trinajstić information content (AvgIpc) is 2.15. The van der Waals surface area contributed by atoms with Gasteiger partial charge in [-0.1, -0.05) is 12.1 Å². The van der Waals surface area contributed by atoms with Gasteiger partial charge in [-0.15, -0.1) is 0 Å². The van der Waals surface area contributed by atoms with Crippen molar-refractivity contribution in [3.05, 3.63) is 29.8 Å². The Kier molecular flexibility index (Phi) is 1.76. The molecule has 2 nitrogen and oxygen atoms in total. The largest absolute Gasteiger partial charge is 0.293 e. The third-order valence-corrected chi connectivity index (χ3v) is 2.49. The Morgan fingerprint density at radius 3 is 2.77 bits per heavy atom. The van der Waals surface area contributed by atoms with Crippen LogP contribution in [0.5, 0.6) is 0 Å². The molecule has 1 heterocycles. The van der Waals surface area contributed by atoms with Crippen molar-refractivity contribution in [1.29, 1.82) is 0 Å². The summed E-state index contributed by atoms with van der Waals surface area (Å²) in [4.78, 5) is 16.1. The van der Waals surface area contributed by atoms with Crippen LogP contribution in [0.15, 0.2) is 29.3 Å². The van der Waals surface area contributed by atoms with E-state index in [2.05, 4.69) is 4.99 Å². The van der Waals surface area contributed by atoms with Crippen molar-refractivity contribution in [1.82, 2.24) is 0 Å². The minimum absolute atomic E-state index is 0.0603. The van der Waals surface area contributed by atoms with E-state index in [4.69, 9.17) is 0 Å². The van der Waals surface area contributed by atoms with Crippen molar-refractivity contribution in [2.75, 3.05) is 0 Å². The number of ketones is 1. The Balaban J connectivity index is 2.63. The molecule has 1 aromatic carbocycles. The predicted molar refractivity (Wildman–Crippen MR) is 52.7 cm³/mol. The van der Waals surface area contributed by atoms with E-state index in [1.807, 2.05) is 38.1 Å². The molecule has 1 aromatic rings. The summed E-state index contributed by atoms with van der Waals surface area (Å²) in [5.41, 5.74) is 2.47. The maximum atomic E-state index is 11.7. The number of carbonyl (C=O) groups is 1. The van der Waals surface area contributed by atoms with Crippen LogP contribution >= 0.6 is 0 Å². The van der Waals surface area contributed by atoms with Gasteiger partial charge >= 0.3 is 0 Å². The lowest BCUT2D eigenvalue weighted by Crippen LogP contribution is -2.22. The minimum atomic E-state index is -0.0603. The van der Waals surface area contributed by atoms with Crippen molar-refractivity contribution in [3.63, 3.8) is 0 Å². The monoisotopic (exact) mass is 173 g/mol. The van der Waals surface area contributed by atoms with Crippen LogP contribution in [0.4, 0.5) is 5.69 Å². The van der Waals surface area contributed by atoms with Gasteiger partial charge in [-0.2, -0.15) is 0 Å². The highest BCUT2D eigenvalue weighted by atomic mass is 16.1. The second kappa shape index (κ2) is 2.80. The third kappa shape index (κ3) is 1.18. The molecule has 0 amide bonds. The standard InChI is InChI=1S/C11H11NO/c1-7-8(2)12-10-6-4-3-5-9(10)11(7)13/h3-7H,1-2H3. The Hall–Kier alpha value is -1.44. The van der Waals surface area contributed by atoms with Gasteiger partial charge in [0.25, 0.3) is 0 Å². The summed E-state index contributed by atoms with van der Waals surface area (Å²) in [5, 5.41) is 0. The Bertz CT molecular complexity index is 393. The molecule has 1 atom stereocenters. The SMILES string of the molecule is CC1=Nc2ccccc2C(=O)C1C. The molecule has 2 rings (SSSR count). The quantitative estimate of drug-likeness (QED) is 0.593. The maximum absolute atomic E-state index is 11.7. The van der Waals surface area contributed by atoms with Crippen LogP contribution in [0.2, 0.25) is 0 Å². The molecule has 2 heteroatoms. The van der Waals surface area contributed by atoms with Crippen molar-refractivity contribution in [2.45, 2.75) is 13.8 Å². The lowest BCUT2D eigenvalue weighted by molar-refractivity contribution is 0.0960. The van der Waals surface area contributed by atoms with Gasteiger partial charge in [0.1, 0.15) is 0 Å². The van der Waals surface area contributed by atoms with E-state index in [-0.39, 0.29) is 11.7 Å². The lowest BCUT2D eigenvalue weighted by atomic mass is 9.92. The van der Waals surface area contributed by atoms with Crippen molar-refractivity contribution in [2.24, 2.45) is 10.9 Å². The molecular weight excluding hydrogens is 162 g/mol. The summed E-state index contributed by atoms with van der Waals surface area (Å²) in [7, 11) is 0. The number of rotatable bonds is 0. The van der Waals surface area contributed by atoms with Crippen molar-refractivity contribution in [3.8, 4) is 0 Å². The summed E-state index contributed by atoms with van der Waals surface area (Å²) in [6.45, 7) is 3.80. The molecule has 0 aliphatic carbocycles. The highest BCUT2D eigenvalue weighted by Crippen LogP contribution is 2.27. The van der Waals surface area contributed by atoms with Gasteiger partial charge in [0.15, 0.2) is 5.78 Å². The fourth-order valence-corrected chi connectivity index (χ4v) is 1.49. The number of carbonyl (C=O) groups excluding carboxylic acids is 1. The van der Waals surface area contributed by atoms with Gasteiger partial charge in [-0.3, -0.25) is 9.79 Å². The molecule has 0 aromatic heterocycles. The van der Waals surface area contributed by atoms with Gasteiger partial charge < -0.3 is 0 Å². The summed E-state index contributed by atoms with van der Waals surface area (Å²) in [6.07, 6.45) is 0. The van der Waals surface area contributed by atoms with Crippen LogP contribution in [0.3, 0.4) is 0 Å². The highest BCUT2D eigenvalue weighted by molar-refractivity contribution is 6.17. The van der Waals surface area contributed by atoms with E-state index < -0.39 is 0 Å². The van der Waals surface area contributed by atoms with E-state index in [9.17, 15) is 4.79 Å². The van der Waals surface area contributed by atoms with E-state index in [0.29, 0.717) is 0 Å². The van der Waals surface area contributed by atoms with Gasteiger partial charge in [0, 0.05) is 11.3 Å². The van der Waals surface area contributed by atoms with Gasteiger partial charge in [-0.25, -0.2) is 0 Å². The van der Waals surface area contributed by atoms with Gasteiger partial charge in [-0.05, 0) is 26.0 Å². The van der Waals surface area contributed by atoms with E-state index in [0.717, 1.165) is 17.0 Å². The maximum Gasteiger partial charge on any atom is 0.173 e. The van der Waals surface area contributed by atoms with E-state index in [1.54, 1.807) is 0 Å². The predicted octanol–water partition coefficient (Wildman–Crippen LogP) is 2.61. The van der Waals surface area contributed by atoms with Gasteiger partial charge in [0.05, 0.1) is 11.6 Å². The molecule has 0 saturated carbocycles. The van der Waals surface area contributed by atoms with Crippen LogP contribution in [0, 0.1) is 5.92 Å². The number of benzene rings is 1. The first-order valence-corrected chi connectivity index (χ1v) is 4.38. The molecule has 0 N–H and O–H groups in total. The Labute approximate surface area is 77.3 Å². The molecule has 1 aliphatic rings. The van der Waals surface area contributed by atoms with Crippen LogP contribution in [0.1, 0.15) is 24.2 Å². The smallest absolute Gasteiger partial charge is 0.173 e. The molecule has 0 spiro atoms. The zero-order valence-corrected chi connectivity index (χ0v) is 7.74. The van der Waals surface area contributed by atoms with Crippen LogP contribution in [-0.4, -0.2) is 11.5 Å². The van der Waals surface area contributed by atoms with Crippen LogP contribution < -0.4 is 0 Å². The molecule has 13 heavy (non-hydrogen) atoms. The summed E-state index contributed by atoms with van der Waals surface area (Å²) >= 11 is 0. The number of aliphatic imine (C=N–C) groups is 1. The second-order valence-electron chi connectivity index (χ2n) is 3.36. The summed E-state index contributed by atoms with van der Waals surface area (Å²) in [5.74, 6) is 0.123. The fourth-order valence-electron chi connectivity index (χ4n) is 1.49. The Morgan fingerprint density at radius 1 is 1.31 bits per heavy atom. The van der Waals surface area contributed by atoms with E-state index >= 15 is 0 Å². The summed E-state index contributed by atoms with van der Waals surface area (Å²) < 4.78 is 0. The zero-order chi connectivity index (χ0) is 9.42. The van der Waals surface area contributed by atoms with Crippen molar-refractivity contribution < 1.29 is 4.79 Å². The average molecular weight is 173 g/mol. The molecule has 0 bridgehead atoms. The first kappa shape index (κ1) is 8.17. The second-order valence-corrected chi connectivity index (χ2v) is 3.36. The molecular formula is C11H11NO. The lowest BCUT2D eigenvalue weighted by Gasteiger charge is -2.17. The summed E-state index contributed by atoms with van der Waals surface area (Å²) in [6, 6.07) is 7.49. The first-order valence-electron chi connectivity index (χ1n) is 4.38. The minimum Gasteiger partial charge on any atom is -0.293 e. The molecule has 1 aliphatic heterocycles. The number of nitrogens with zero attached hydrogens (tertiary/aromatic N) is 1. The number of Topliss-reactive ketones (excluding diaryl/α,β-unsaturated/α-hetero) is 1. The Morgan fingerprint density at radius 2 is 2.00 bits per heavy atom. The van der Waals surface area contributed by atoms with Gasteiger partial charge in [0.2, 0.25) is 0 Å².